The number of sulfonamides is 1. The Labute approximate surface area is 133 Å². The first-order valence-electron chi connectivity index (χ1n) is 6.02. The second-order valence-corrected chi connectivity index (χ2v) is 7.88. The van der Waals surface area contributed by atoms with Crippen LogP contribution in [0.3, 0.4) is 0 Å². The van der Waals surface area contributed by atoms with Gasteiger partial charge in [0.05, 0.1) is 4.90 Å². The topological polar surface area (TPSA) is 49.4 Å². The Kier molecular flexibility index (Phi) is 7.49. The summed E-state index contributed by atoms with van der Waals surface area (Å²) in [5.41, 5.74) is -0.136. The zero-order chi connectivity index (χ0) is 14.7. The number of hydrogen-bond donors (Lipinski definition) is 1. The van der Waals surface area contributed by atoms with Gasteiger partial charge in [-0.15, -0.1) is 0 Å². The summed E-state index contributed by atoms with van der Waals surface area (Å²) in [7, 11) is 0.462. The van der Waals surface area contributed by atoms with Crippen LogP contribution >= 0.6 is 11.6 Å². The van der Waals surface area contributed by atoms with E-state index in [1.807, 2.05) is 32.8 Å². The Hall–Kier alpha value is -0.330. The highest BCUT2D eigenvalue weighted by molar-refractivity contribution is 7.89. The van der Waals surface area contributed by atoms with Crippen molar-refractivity contribution in [3.8, 4) is 0 Å². The summed E-state index contributed by atoms with van der Waals surface area (Å²) in [6, 6.07) is 6.15. The molecule has 0 aliphatic carbocycles. The molecule has 0 atom stereocenters. The van der Waals surface area contributed by atoms with Crippen molar-refractivity contribution in [2.45, 2.75) is 18.7 Å². The second kappa shape index (κ2) is 7.61. The molecule has 0 heterocycles. The van der Waals surface area contributed by atoms with Crippen molar-refractivity contribution in [1.82, 2.24) is 9.62 Å². The third-order valence-electron chi connectivity index (χ3n) is 2.61. The molecular weight excluding hydrogens is 319 g/mol. The highest BCUT2D eigenvalue weighted by atomic mass is 35.5. The predicted molar refractivity (Wildman–Crippen MR) is 79.0 cm³/mol. The summed E-state index contributed by atoms with van der Waals surface area (Å²) in [5.74, 6) is 0. The highest BCUT2D eigenvalue weighted by Gasteiger charge is 2.22. The number of hydrogen-bond acceptors (Lipinski definition) is 3. The lowest BCUT2D eigenvalue weighted by atomic mass is 9.93. The van der Waals surface area contributed by atoms with E-state index in [1.54, 1.807) is 12.1 Å². The fourth-order valence-electron chi connectivity index (χ4n) is 1.90. The van der Waals surface area contributed by atoms with Gasteiger partial charge in [-0.2, -0.15) is 0 Å². The fourth-order valence-corrected chi connectivity index (χ4v) is 3.27. The molecule has 20 heavy (non-hydrogen) atoms. The van der Waals surface area contributed by atoms with Gasteiger partial charge in [0, 0.05) is 18.1 Å². The lowest BCUT2D eigenvalue weighted by Gasteiger charge is -2.28. The zero-order valence-corrected chi connectivity index (χ0v) is 14.5. The van der Waals surface area contributed by atoms with Crippen LogP contribution in [0.25, 0.3) is 0 Å². The van der Waals surface area contributed by atoms with Crippen LogP contribution in [0, 0.1) is 5.41 Å². The maximum Gasteiger partial charge on any atom is 0.240 e. The third kappa shape index (κ3) is 6.41. The molecular formula is C13H21Cl2N2O2S-. The van der Waals surface area contributed by atoms with Gasteiger partial charge < -0.3 is 17.3 Å². The van der Waals surface area contributed by atoms with E-state index < -0.39 is 10.0 Å². The monoisotopic (exact) mass is 339 g/mol. The van der Waals surface area contributed by atoms with Crippen molar-refractivity contribution in [3.05, 3.63) is 29.3 Å². The molecule has 0 bridgehead atoms. The van der Waals surface area contributed by atoms with Crippen molar-refractivity contribution < 1.29 is 20.8 Å². The average molecular weight is 340 g/mol. The van der Waals surface area contributed by atoms with Gasteiger partial charge in [0.1, 0.15) is 0 Å². The minimum absolute atomic E-state index is 0. The Balaban J connectivity index is 0.00000361. The normalized spacial score (nSPS) is 12.3. The number of nitrogens with zero attached hydrogens (tertiary/aromatic N) is 1. The Bertz CT molecular complexity index is 514. The van der Waals surface area contributed by atoms with Gasteiger partial charge in [0.25, 0.3) is 0 Å². The number of halogens is 2. The molecule has 0 aromatic heterocycles. The second-order valence-electron chi connectivity index (χ2n) is 5.68. The average Bonchev–Trinajstić information content (AvgIpc) is 2.26. The molecule has 0 unspecified atom stereocenters. The van der Waals surface area contributed by atoms with E-state index in [2.05, 4.69) is 4.72 Å². The van der Waals surface area contributed by atoms with Gasteiger partial charge in [-0.1, -0.05) is 25.4 Å². The maximum absolute atomic E-state index is 12.1. The Morgan fingerprint density at radius 2 is 1.70 bits per heavy atom. The van der Waals surface area contributed by atoms with Crippen LogP contribution < -0.4 is 17.1 Å². The summed E-state index contributed by atoms with van der Waals surface area (Å²) < 4.78 is 26.9. The van der Waals surface area contributed by atoms with E-state index in [0.717, 1.165) is 6.54 Å². The SMILES string of the molecule is CN(C)CC(C)(C)CNS(=O)(=O)c1ccc(Cl)cc1.[Cl-]. The summed E-state index contributed by atoms with van der Waals surface area (Å²) in [5, 5.41) is 0.520. The van der Waals surface area contributed by atoms with Crippen LogP contribution in [0.1, 0.15) is 13.8 Å². The molecule has 0 amide bonds. The smallest absolute Gasteiger partial charge is 0.240 e. The van der Waals surface area contributed by atoms with Crippen LogP contribution in [-0.4, -0.2) is 40.5 Å². The van der Waals surface area contributed by atoms with Crippen LogP contribution in [-0.2, 0) is 10.0 Å². The molecule has 1 N–H and O–H groups in total. The van der Waals surface area contributed by atoms with E-state index >= 15 is 0 Å². The number of nitrogens with one attached hydrogen (secondary N) is 1. The van der Waals surface area contributed by atoms with E-state index in [0.29, 0.717) is 11.6 Å². The molecule has 4 nitrogen and oxygen atoms in total. The molecule has 0 spiro atoms. The van der Waals surface area contributed by atoms with Gasteiger partial charge >= 0.3 is 0 Å². The van der Waals surface area contributed by atoms with Gasteiger partial charge in [-0.3, -0.25) is 0 Å². The molecule has 0 saturated heterocycles. The van der Waals surface area contributed by atoms with Crippen molar-refractivity contribution in [3.63, 3.8) is 0 Å². The molecule has 1 aromatic rings. The quantitative estimate of drug-likeness (QED) is 0.739. The summed E-state index contributed by atoms with van der Waals surface area (Å²) in [6.45, 7) is 5.24. The lowest BCUT2D eigenvalue weighted by Crippen LogP contribution is -3.00. The molecule has 1 rings (SSSR count). The van der Waals surface area contributed by atoms with E-state index in [4.69, 9.17) is 11.6 Å². The van der Waals surface area contributed by atoms with Crippen molar-refractivity contribution in [2.24, 2.45) is 5.41 Å². The first-order chi connectivity index (χ1) is 8.62. The zero-order valence-electron chi connectivity index (χ0n) is 12.2. The molecule has 0 fully saturated rings. The Morgan fingerprint density at radius 3 is 2.15 bits per heavy atom. The van der Waals surface area contributed by atoms with Gasteiger partial charge in [-0.05, 0) is 43.8 Å². The largest absolute Gasteiger partial charge is 1.00 e. The van der Waals surface area contributed by atoms with E-state index in [9.17, 15) is 8.42 Å². The van der Waals surface area contributed by atoms with Crippen LogP contribution in [0.2, 0.25) is 5.02 Å². The molecule has 0 radical (unpaired) electrons. The van der Waals surface area contributed by atoms with Gasteiger partial charge in [0.15, 0.2) is 0 Å². The molecule has 0 saturated carbocycles. The summed E-state index contributed by atoms with van der Waals surface area (Å²) >= 11 is 5.75. The molecule has 116 valence electrons. The van der Waals surface area contributed by atoms with Gasteiger partial charge in [-0.25, -0.2) is 13.1 Å². The molecule has 0 aliphatic rings. The van der Waals surface area contributed by atoms with Crippen molar-refractivity contribution in [1.29, 1.82) is 0 Å². The number of rotatable bonds is 6. The number of benzene rings is 1. The molecule has 1 aromatic carbocycles. The maximum atomic E-state index is 12.1. The predicted octanol–water partition coefficient (Wildman–Crippen LogP) is -0.790. The van der Waals surface area contributed by atoms with Gasteiger partial charge in [0.2, 0.25) is 10.0 Å². The van der Waals surface area contributed by atoms with E-state index in [-0.39, 0.29) is 22.7 Å². The van der Waals surface area contributed by atoms with Crippen LogP contribution in [0.15, 0.2) is 29.2 Å². The standard InChI is InChI=1S/C13H21ClN2O2S.ClH/c1-13(2,10-16(3)4)9-15-19(17,18)12-7-5-11(14)6-8-12;/h5-8,15H,9-10H2,1-4H3;1H/p-1. The lowest BCUT2D eigenvalue weighted by molar-refractivity contribution is -0.00000700. The van der Waals surface area contributed by atoms with Crippen LogP contribution in [0.5, 0.6) is 0 Å². The van der Waals surface area contributed by atoms with Crippen molar-refractivity contribution >= 4 is 21.6 Å². The third-order valence-corrected chi connectivity index (χ3v) is 4.28. The summed E-state index contributed by atoms with van der Waals surface area (Å²) in [6.07, 6.45) is 0. The summed E-state index contributed by atoms with van der Waals surface area (Å²) in [4.78, 5) is 2.27. The van der Waals surface area contributed by atoms with Crippen LogP contribution in [0.4, 0.5) is 0 Å². The molecule has 0 aliphatic heterocycles. The first-order valence-corrected chi connectivity index (χ1v) is 7.88. The minimum atomic E-state index is -3.47. The highest BCUT2D eigenvalue weighted by Crippen LogP contribution is 2.17. The fraction of sp³-hybridized carbons (Fsp3) is 0.538. The Morgan fingerprint density at radius 1 is 1.20 bits per heavy atom. The molecule has 7 heteroatoms. The van der Waals surface area contributed by atoms with E-state index in [1.165, 1.54) is 12.1 Å². The minimum Gasteiger partial charge on any atom is -1.00 e. The first kappa shape index (κ1) is 19.7. The van der Waals surface area contributed by atoms with Crippen molar-refractivity contribution in [2.75, 3.05) is 27.2 Å².